The molecule has 0 fully saturated rings. The van der Waals surface area contributed by atoms with Crippen molar-refractivity contribution in [3.8, 4) is 11.5 Å². The molecule has 0 aromatic heterocycles. The molecule has 1 atom stereocenters. The molecule has 0 unspecified atom stereocenters. The minimum atomic E-state index is -5.04. The highest BCUT2D eigenvalue weighted by atomic mass is 19.4. The summed E-state index contributed by atoms with van der Waals surface area (Å²) in [5.74, 6) is -0.200. The Hall–Kier alpha value is -2.29. The number of carbonyl (C=O) groups excluding carboxylic acids is 1. The molecule has 0 spiro atoms. The Kier molecular flexibility index (Phi) is 5.80. The molecule has 0 saturated carbocycles. The number of rotatable bonds is 6. The smallest absolute Gasteiger partial charge is 0.438 e. The molecule has 26 heavy (non-hydrogen) atoms. The maximum atomic E-state index is 13.3. The van der Waals surface area contributed by atoms with E-state index in [9.17, 15) is 23.1 Å². The van der Waals surface area contributed by atoms with Gasteiger partial charge in [-0.15, -0.1) is 0 Å². The Labute approximate surface area is 149 Å². The Morgan fingerprint density at radius 2 is 1.88 bits per heavy atom. The van der Waals surface area contributed by atoms with Gasteiger partial charge >= 0.3 is 6.18 Å². The van der Waals surface area contributed by atoms with Gasteiger partial charge in [-0.2, -0.15) is 23.3 Å². The molecule has 2 rings (SSSR count). The fourth-order valence-electron chi connectivity index (χ4n) is 2.56. The Balaban J connectivity index is 2.12. The second-order valence-electron chi connectivity index (χ2n) is 6.43. The lowest BCUT2D eigenvalue weighted by atomic mass is 9.99. The second kappa shape index (κ2) is 7.53. The molecule has 1 amide bonds. The summed E-state index contributed by atoms with van der Waals surface area (Å²) >= 11 is 0. The summed E-state index contributed by atoms with van der Waals surface area (Å²) < 4.78 is 50.2. The van der Waals surface area contributed by atoms with Gasteiger partial charge in [-0.05, 0) is 36.6 Å². The molecule has 6 nitrogen and oxygen atoms in total. The van der Waals surface area contributed by atoms with Crippen LogP contribution in [0.25, 0.3) is 0 Å². The first-order valence-electron chi connectivity index (χ1n) is 8.02. The molecule has 9 heteroatoms. The third kappa shape index (κ3) is 4.27. The highest BCUT2D eigenvalue weighted by Gasteiger charge is 2.63. The molecule has 0 aliphatic carbocycles. The maximum absolute atomic E-state index is 13.3. The number of hydrazone groups is 1. The maximum Gasteiger partial charge on any atom is 0.438 e. The van der Waals surface area contributed by atoms with E-state index < -0.39 is 30.8 Å². The highest BCUT2D eigenvalue weighted by Crippen LogP contribution is 2.41. The van der Waals surface area contributed by atoms with Gasteiger partial charge in [-0.1, -0.05) is 13.8 Å². The van der Waals surface area contributed by atoms with Crippen LogP contribution in [0.2, 0.25) is 0 Å². The number of aliphatic hydroxyl groups is 1. The molecule has 0 bridgehead atoms. The van der Waals surface area contributed by atoms with Crippen molar-refractivity contribution in [1.29, 1.82) is 0 Å². The molecular weight excluding hydrogens is 353 g/mol. The van der Waals surface area contributed by atoms with E-state index in [-0.39, 0.29) is 28.8 Å². The predicted octanol–water partition coefficient (Wildman–Crippen LogP) is 2.96. The summed E-state index contributed by atoms with van der Waals surface area (Å²) in [5.41, 5.74) is -3.23. The monoisotopic (exact) mass is 374 g/mol. The summed E-state index contributed by atoms with van der Waals surface area (Å²) in [6.45, 7) is 2.93. The van der Waals surface area contributed by atoms with E-state index >= 15 is 0 Å². The molecule has 1 aromatic rings. The Bertz CT molecular complexity index is 674. The third-order valence-corrected chi connectivity index (χ3v) is 3.80. The van der Waals surface area contributed by atoms with E-state index in [0.717, 1.165) is 0 Å². The quantitative estimate of drug-likeness (QED) is 0.831. The van der Waals surface area contributed by atoms with Crippen molar-refractivity contribution in [1.82, 2.24) is 5.01 Å². The molecule has 1 N–H and O–H groups in total. The summed E-state index contributed by atoms with van der Waals surface area (Å²) in [7, 11) is 1.48. The summed E-state index contributed by atoms with van der Waals surface area (Å²) in [6.07, 6.45) is -5.55. The van der Waals surface area contributed by atoms with E-state index in [1.807, 2.05) is 13.8 Å². The molecule has 0 radical (unpaired) electrons. The lowest BCUT2D eigenvalue weighted by Gasteiger charge is -2.32. The average molecular weight is 374 g/mol. The highest BCUT2D eigenvalue weighted by molar-refractivity contribution is 5.91. The van der Waals surface area contributed by atoms with Crippen LogP contribution in [-0.2, 0) is 4.79 Å². The number of ether oxygens (including phenoxy) is 2. The van der Waals surface area contributed by atoms with Crippen molar-refractivity contribution in [2.24, 2.45) is 11.0 Å². The first kappa shape index (κ1) is 20.0. The van der Waals surface area contributed by atoms with Gasteiger partial charge in [-0.25, -0.2) is 0 Å². The number of carbonyl (C=O) groups is 1. The summed E-state index contributed by atoms with van der Waals surface area (Å²) in [5, 5.41) is 13.9. The normalized spacial score (nSPS) is 20.3. The topological polar surface area (TPSA) is 71.4 Å². The standard InChI is InChI=1S/C17H21F3N2O4/c1-11(2)8-12-9-16(24,17(18,19)20)22(21-12)15(23)10-26-14-6-4-13(25-3)5-7-14/h4-7,11,24H,8-10H2,1-3H3/t16-/m1/s1. The minimum Gasteiger partial charge on any atom is -0.497 e. The van der Waals surface area contributed by atoms with E-state index in [0.29, 0.717) is 5.75 Å². The zero-order valence-electron chi connectivity index (χ0n) is 14.7. The number of hydrogen-bond donors (Lipinski definition) is 1. The largest absolute Gasteiger partial charge is 0.497 e. The molecule has 144 valence electrons. The van der Waals surface area contributed by atoms with Crippen molar-refractivity contribution in [2.75, 3.05) is 13.7 Å². The van der Waals surface area contributed by atoms with Gasteiger partial charge in [0.15, 0.2) is 6.61 Å². The van der Waals surface area contributed by atoms with Crippen LogP contribution in [-0.4, -0.2) is 47.4 Å². The van der Waals surface area contributed by atoms with Crippen LogP contribution in [0.1, 0.15) is 26.7 Å². The molecule has 1 aliphatic heterocycles. The second-order valence-corrected chi connectivity index (χ2v) is 6.43. The van der Waals surface area contributed by atoms with Gasteiger partial charge in [0, 0.05) is 12.1 Å². The molecule has 1 aliphatic rings. The number of amides is 1. The van der Waals surface area contributed by atoms with E-state index in [2.05, 4.69) is 5.10 Å². The van der Waals surface area contributed by atoms with Gasteiger partial charge in [0.1, 0.15) is 11.5 Å². The zero-order chi connectivity index (χ0) is 19.5. The summed E-state index contributed by atoms with van der Waals surface area (Å²) in [4.78, 5) is 12.2. The van der Waals surface area contributed by atoms with E-state index in [1.165, 1.54) is 19.2 Å². The number of methoxy groups -OCH3 is 1. The zero-order valence-corrected chi connectivity index (χ0v) is 14.7. The van der Waals surface area contributed by atoms with Gasteiger partial charge in [0.2, 0.25) is 0 Å². The lowest BCUT2D eigenvalue weighted by Crippen LogP contribution is -2.57. The van der Waals surface area contributed by atoms with Crippen LogP contribution >= 0.6 is 0 Å². The van der Waals surface area contributed by atoms with Crippen LogP contribution < -0.4 is 9.47 Å². The van der Waals surface area contributed by atoms with E-state index in [4.69, 9.17) is 9.47 Å². The number of nitrogens with zero attached hydrogens (tertiary/aromatic N) is 2. The van der Waals surface area contributed by atoms with Crippen molar-refractivity contribution in [2.45, 2.75) is 38.6 Å². The third-order valence-electron chi connectivity index (χ3n) is 3.80. The number of benzene rings is 1. The molecule has 0 saturated heterocycles. The number of hydrogen-bond acceptors (Lipinski definition) is 5. The van der Waals surface area contributed by atoms with E-state index in [1.54, 1.807) is 12.1 Å². The number of halogens is 3. The summed E-state index contributed by atoms with van der Waals surface area (Å²) in [6, 6.07) is 6.19. The minimum absolute atomic E-state index is 0.0387. The molecule has 1 heterocycles. The fraction of sp³-hybridized carbons (Fsp3) is 0.529. The van der Waals surface area contributed by atoms with Crippen LogP contribution in [0.3, 0.4) is 0 Å². The first-order chi connectivity index (χ1) is 12.1. The predicted molar refractivity (Wildman–Crippen MR) is 87.8 cm³/mol. The Morgan fingerprint density at radius 3 is 2.38 bits per heavy atom. The van der Waals surface area contributed by atoms with Crippen LogP contribution in [0.15, 0.2) is 29.4 Å². The van der Waals surface area contributed by atoms with Crippen molar-refractivity contribution in [3.63, 3.8) is 0 Å². The van der Waals surface area contributed by atoms with Gasteiger partial charge in [0.25, 0.3) is 11.6 Å². The van der Waals surface area contributed by atoms with Crippen LogP contribution in [0.4, 0.5) is 13.2 Å². The van der Waals surface area contributed by atoms with Crippen molar-refractivity contribution >= 4 is 11.6 Å². The van der Waals surface area contributed by atoms with Crippen LogP contribution in [0, 0.1) is 5.92 Å². The SMILES string of the molecule is COc1ccc(OCC(=O)N2N=C(CC(C)C)C[C@@]2(O)C(F)(F)F)cc1. The van der Waals surface area contributed by atoms with Gasteiger partial charge in [0.05, 0.1) is 7.11 Å². The number of alkyl halides is 3. The van der Waals surface area contributed by atoms with Gasteiger partial charge in [-0.3, -0.25) is 4.79 Å². The molecule has 1 aromatic carbocycles. The lowest BCUT2D eigenvalue weighted by molar-refractivity contribution is -0.302. The molecular formula is C17H21F3N2O4. The van der Waals surface area contributed by atoms with Crippen molar-refractivity contribution < 1.29 is 32.5 Å². The Morgan fingerprint density at radius 1 is 1.31 bits per heavy atom. The van der Waals surface area contributed by atoms with Crippen molar-refractivity contribution in [3.05, 3.63) is 24.3 Å². The van der Waals surface area contributed by atoms with Gasteiger partial charge < -0.3 is 14.6 Å². The van der Waals surface area contributed by atoms with Crippen LogP contribution in [0.5, 0.6) is 11.5 Å². The average Bonchev–Trinajstić information content (AvgIpc) is 2.90. The first-order valence-corrected chi connectivity index (χ1v) is 8.02. The fourth-order valence-corrected chi connectivity index (χ4v) is 2.56.